The predicted molar refractivity (Wildman–Crippen MR) is 84.0 cm³/mol. The van der Waals surface area contributed by atoms with Crippen molar-refractivity contribution in [3.63, 3.8) is 0 Å². The van der Waals surface area contributed by atoms with E-state index in [0.29, 0.717) is 6.54 Å². The molecule has 7 heteroatoms. The van der Waals surface area contributed by atoms with Gasteiger partial charge in [-0.3, -0.25) is 9.58 Å². The van der Waals surface area contributed by atoms with Crippen LogP contribution in [0.5, 0.6) is 0 Å². The van der Waals surface area contributed by atoms with Gasteiger partial charge in [-0.25, -0.2) is 0 Å². The minimum absolute atomic E-state index is 0.229. The van der Waals surface area contributed by atoms with Crippen LogP contribution in [0.4, 0.5) is 0 Å². The first-order chi connectivity index (χ1) is 9.57. The summed E-state index contributed by atoms with van der Waals surface area (Å²) in [5.41, 5.74) is 7.84. The van der Waals surface area contributed by atoms with Crippen molar-refractivity contribution in [3.05, 3.63) is 15.9 Å². The lowest BCUT2D eigenvalue weighted by molar-refractivity contribution is 0.279. The molecule has 0 aliphatic rings. The molecule has 1 aromatic rings. The molecule has 0 fully saturated rings. The van der Waals surface area contributed by atoms with Crippen LogP contribution in [-0.2, 0) is 19.5 Å². The maximum Gasteiger partial charge on any atom is 0.153 e. The predicted octanol–water partition coefficient (Wildman–Crippen LogP) is 2.19. The molecule has 0 atom stereocenters. The average Bonchev–Trinajstić information content (AvgIpc) is 2.75. The standard InChI is InChI=1S/C13H24BrN5O/c1-4-7-18(9-12(15)17-20)8-11-13(14)10(5-2)16-19(11)6-3/h20H,4-9H2,1-3H3,(H2,15,17). The van der Waals surface area contributed by atoms with Crippen LogP contribution in [0.3, 0.4) is 0 Å². The van der Waals surface area contributed by atoms with Crippen LogP contribution in [0.1, 0.15) is 38.6 Å². The van der Waals surface area contributed by atoms with Crippen LogP contribution in [-0.4, -0.2) is 38.8 Å². The highest BCUT2D eigenvalue weighted by molar-refractivity contribution is 9.10. The van der Waals surface area contributed by atoms with Crippen LogP contribution < -0.4 is 5.73 Å². The molecule has 0 aliphatic heterocycles. The summed E-state index contributed by atoms with van der Waals surface area (Å²) in [5.74, 6) is 0.229. The molecule has 20 heavy (non-hydrogen) atoms. The molecule has 1 heterocycles. The van der Waals surface area contributed by atoms with Gasteiger partial charge >= 0.3 is 0 Å². The number of aromatic nitrogens is 2. The normalized spacial score (nSPS) is 12.3. The Morgan fingerprint density at radius 2 is 2.15 bits per heavy atom. The monoisotopic (exact) mass is 345 g/mol. The van der Waals surface area contributed by atoms with E-state index in [2.05, 4.69) is 51.9 Å². The van der Waals surface area contributed by atoms with Gasteiger partial charge in [0.05, 0.1) is 22.4 Å². The summed E-state index contributed by atoms with van der Waals surface area (Å²) >= 11 is 3.65. The molecule has 1 aromatic heterocycles. The molecule has 0 spiro atoms. The number of aryl methyl sites for hydroxylation is 2. The van der Waals surface area contributed by atoms with Gasteiger partial charge in [0.15, 0.2) is 5.84 Å². The van der Waals surface area contributed by atoms with Crippen molar-refractivity contribution in [3.8, 4) is 0 Å². The van der Waals surface area contributed by atoms with E-state index in [1.165, 1.54) is 0 Å². The Hall–Kier alpha value is -1.08. The highest BCUT2D eigenvalue weighted by Gasteiger charge is 2.17. The summed E-state index contributed by atoms with van der Waals surface area (Å²) in [6.07, 6.45) is 1.91. The summed E-state index contributed by atoms with van der Waals surface area (Å²) in [6, 6.07) is 0. The van der Waals surface area contributed by atoms with E-state index in [0.717, 1.165) is 48.3 Å². The maximum absolute atomic E-state index is 8.72. The summed E-state index contributed by atoms with van der Waals surface area (Å²) < 4.78 is 3.08. The topological polar surface area (TPSA) is 79.7 Å². The Kier molecular flexibility index (Phi) is 7.01. The third-order valence-electron chi connectivity index (χ3n) is 3.12. The van der Waals surface area contributed by atoms with Crippen molar-refractivity contribution < 1.29 is 5.21 Å². The van der Waals surface area contributed by atoms with Crippen LogP contribution in [0.15, 0.2) is 9.63 Å². The number of nitrogens with zero attached hydrogens (tertiary/aromatic N) is 4. The smallest absolute Gasteiger partial charge is 0.153 e. The molecular formula is C13H24BrN5O. The fourth-order valence-corrected chi connectivity index (χ4v) is 2.86. The van der Waals surface area contributed by atoms with Crippen molar-refractivity contribution in [1.29, 1.82) is 0 Å². The van der Waals surface area contributed by atoms with Crippen LogP contribution in [0, 0.1) is 0 Å². The van der Waals surface area contributed by atoms with E-state index >= 15 is 0 Å². The van der Waals surface area contributed by atoms with E-state index in [1.807, 2.05) is 4.68 Å². The van der Waals surface area contributed by atoms with E-state index in [1.54, 1.807) is 0 Å². The van der Waals surface area contributed by atoms with Gasteiger partial charge in [0.2, 0.25) is 0 Å². The molecule has 3 N–H and O–H groups in total. The number of hydrogen-bond donors (Lipinski definition) is 2. The number of oxime groups is 1. The van der Waals surface area contributed by atoms with Gasteiger partial charge in [0, 0.05) is 13.1 Å². The number of halogens is 1. The van der Waals surface area contributed by atoms with Crippen LogP contribution >= 0.6 is 15.9 Å². The van der Waals surface area contributed by atoms with Gasteiger partial charge in [-0.15, -0.1) is 0 Å². The second-order valence-corrected chi connectivity index (χ2v) is 5.47. The van der Waals surface area contributed by atoms with Gasteiger partial charge in [-0.1, -0.05) is 19.0 Å². The first kappa shape index (κ1) is 17.0. The zero-order valence-corrected chi connectivity index (χ0v) is 14.0. The number of nitrogens with two attached hydrogens (primary N) is 1. The number of rotatable bonds is 8. The lowest BCUT2D eigenvalue weighted by Gasteiger charge is -2.21. The van der Waals surface area contributed by atoms with Crippen LogP contribution in [0.25, 0.3) is 0 Å². The minimum atomic E-state index is 0.229. The van der Waals surface area contributed by atoms with Crippen molar-refractivity contribution in [2.45, 2.75) is 46.7 Å². The fourth-order valence-electron chi connectivity index (χ4n) is 2.17. The first-order valence-corrected chi connectivity index (χ1v) is 7.79. The molecule has 114 valence electrons. The Morgan fingerprint density at radius 3 is 2.65 bits per heavy atom. The highest BCUT2D eigenvalue weighted by Crippen LogP contribution is 2.23. The molecule has 0 amide bonds. The molecule has 0 unspecified atom stereocenters. The first-order valence-electron chi connectivity index (χ1n) is 7.00. The Bertz CT molecular complexity index is 458. The van der Waals surface area contributed by atoms with Crippen molar-refractivity contribution >= 4 is 21.8 Å². The van der Waals surface area contributed by atoms with Gasteiger partial charge in [-0.05, 0) is 42.2 Å². The van der Waals surface area contributed by atoms with Gasteiger partial charge in [0.1, 0.15) is 0 Å². The van der Waals surface area contributed by atoms with Gasteiger partial charge in [-0.2, -0.15) is 5.10 Å². The van der Waals surface area contributed by atoms with Crippen molar-refractivity contribution in [2.24, 2.45) is 10.9 Å². The maximum atomic E-state index is 8.72. The molecule has 0 aromatic carbocycles. The average molecular weight is 346 g/mol. The highest BCUT2D eigenvalue weighted by atomic mass is 79.9. The van der Waals surface area contributed by atoms with E-state index < -0.39 is 0 Å². The minimum Gasteiger partial charge on any atom is -0.409 e. The van der Waals surface area contributed by atoms with E-state index in [-0.39, 0.29) is 5.84 Å². The van der Waals surface area contributed by atoms with Crippen molar-refractivity contribution in [1.82, 2.24) is 14.7 Å². The van der Waals surface area contributed by atoms with E-state index in [9.17, 15) is 0 Å². The van der Waals surface area contributed by atoms with Gasteiger partial charge in [0.25, 0.3) is 0 Å². The largest absolute Gasteiger partial charge is 0.409 e. The zero-order chi connectivity index (χ0) is 15.1. The summed E-state index contributed by atoms with van der Waals surface area (Å²) in [5, 5.41) is 16.4. The number of amidine groups is 1. The Balaban J connectivity index is 2.95. The van der Waals surface area contributed by atoms with Crippen molar-refractivity contribution in [2.75, 3.05) is 13.1 Å². The molecule has 1 rings (SSSR count). The second kappa shape index (κ2) is 8.26. The Morgan fingerprint density at radius 1 is 1.45 bits per heavy atom. The summed E-state index contributed by atoms with van der Waals surface area (Å²) in [6.45, 7) is 9.19. The molecule has 6 nitrogen and oxygen atoms in total. The lowest BCUT2D eigenvalue weighted by Crippen LogP contribution is -2.34. The van der Waals surface area contributed by atoms with Crippen LogP contribution in [0.2, 0.25) is 0 Å². The lowest BCUT2D eigenvalue weighted by atomic mass is 10.2. The molecular weight excluding hydrogens is 322 g/mol. The number of hydrogen-bond acceptors (Lipinski definition) is 4. The quantitative estimate of drug-likeness (QED) is 0.327. The molecule has 0 saturated heterocycles. The summed E-state index contributed by atoms with van der Waals surface area (Å²) in [4.78, 5) is 2.16. The SMILES string of the molecule is CCCN(CC(N)=NO)Cc1c(Br)c(CC)nn1CC. The summed E-state index contributed by atoms with van der Waals surface area (Å²) in [7, 11) is 0. The van der Waals surface area contributed by atoms with E-state index in [4.69, 9.17) is 10.9 Å². The Labute approximate surface area is 128 Å². The molecule has 0 saturated carbocycles. The second-order valence-electron chi connectivity index (χ2n) is 4.68. The molecule has 0 aliphatic carbocycles. The molecule has 0 bridgehead atoms. The molecule has 0 radical (unpaired) electrons. The van der Waals surface area contributed by atoms with Gasteiger partial charge < -0.3 is 10.9 Å². The third-order valence-corrected chi connectivity index (χ3v) is 4.04. The zero-order valence-electron chi connectivity index (χ0n) is 12.4. The third kappa shape index (κ3) is 4.21. The fraction of sp³-hybridized carbons (Fsp3) is 0.692.